The molecule has 0 aliphatic rings. The molecule has 2 aromatic heterocycles. The Kier molecular flexibility index (Phi) is 4.33. The molecule has 124 valence electrons. The van der Waals surface area contributed by atoms with E-state index in [0.29, 0.717) is 34.2 Å². The minimum Gasteiger partial charge on any atom is -0.496 e. The Morgan fingerprint density at radius 2 is 2.04 bits per heavy atom. The number of hydrogen-bond donors (Lipinski definition) is 0. The predicted molar refractivity (Wildman–Crippen MR) is 83.6 cm³/mol. The van der Waals surface area contributed by atoms with Crippen molar-refractivity contribution in [3.63, 3.8) is 0 Å². The lowest BCUT2D eigenvalue weighted by atomic mass is 10.2. The van der Waals surface area contributed by atoms with Gasteiger partial charge in [-0.3, -0.25) is 0 Å². The van der Waals surface area contributed by atoms with Gasteiger partial charge in [0.1, 0.15) is 22.8 Å². The first kappa shape index (κ1) is 15.8. The number of ether oxygens (including phenoxy) is 2. The van der Waals surface area contributed by atoms with Crippen LogP contribution >= 0.6 is 0 Å². The van der Waals surface area contributed by atoms with Gasteiger partial charge in [-0.05, 0) is 32.0 Å². The highest BCUT2D eigenvalue weighted by Crippen LogP contribution is 2.27. The molecule has 0 aliphatic carbocycles. The van der Waals surface area contributed by atoms with Gasteiger partial charge in [0.15, 0.2) is 6.61 Å². The molecule has 0 N–H and O–H groups in total. The number of para-hydroxylation sites is 1. The fourth-order valence-electron chi connectivity index (χ4n) is 2.29. The van der Waals surface area contributed by atoms with Gasteiger partial charge in [0.2, 0.25) is 5.82 Å². The van der Waals surface area contributed by atoms with Gasteiger partial charge in [-0.25, -0.2) is 4.79 Å². The standard InChI is InChI=1S/C17H16N2O5/c1-10-8-13(11(2)23-10)17(20)22-9-15-18-16(19-24-15)12-6-4-5-7-14(12)21-3/h4-8H,9H2,1-3H3. The summed E-state index contributed by atoms with van der Waals surface area (Å²) in [6, 6.07) is 8.94. The van der Waals surface area contributed by atoms with Crippen molar-refractivity contribution in [1.29, 1.82) is 0 Å². The van der Waals surface area contributed by atoms with Crippen molar-refractivity contribution in [1.82, 2.24) is 10.1 Å². The molecule has 0 fully saturated rings. The van der Waals surface area contributed by atoms with Crippen LogP contribution in [0.3, 0.4) is 0 Å². The third kappa shape index (κ3) is 3.15. The van der Waals surface area contributed by atoms with Gasteiger partial charge in [0.25, 0.3) is 5.89 Å². The van der Waals surface area contributed by atoms with E-state index in [4.69, 9.17) is 18.4 Å². The van der Waals surface area contributed by atoms with Gasteiger partial charge >= 0.3 is 5.97 Å². The van der Waals surface area contributed by atoms with Crippen LogP contribution in [0, 0.1) is 13.8 Å². The number of carbonyl (C=O) groups is 1. The molecule has 0 aliphatic heterocycles. The molecule has 3 rings (SSSR count). The van der Waals surface area contributed by atoms with Gasteiger partial charge < -0.3 is 18.4 Å². The second-order valence-electron chi connectivity index (χ2n) is 5.12. The van der Waals surface area contributed by atoms with E-state index in [1.807, 2.05) is 18.2 Å². The van der Waals surface area contributed by atoms with Crippen LogP contribution < -0.4 is 4.74 Å². The van der Waals surface area contributed by atoms with Crippen molar-refractivity contribution in [2.75, 3.05) is 7.11 Å². The zero-order valence-corrected chi connectivity index (χ0v) is 13.5. The van der Waals surface area contributed by atoms with Gasteiger partial charge in [0, 0.05) is 0 Å². The van der Waals surface area contributed by atoms with Crippen LogP contribution in [0.4, 0.5) is 0 Å². The minimum absolute atomic E-state index is 0.120. The maximum Gasteiger partial charge on any atom is 0.342 e. The lowest BCUT2D eigenvalue weighted by Gasteiger charge is -2.03. The third-order valence-corrected chi connectivity index (χ3v) is 3.40. The average molecular weight is 328 g/mol. The number of esters is 1. The number of hydrogen-bond acceptors (Lipinski definition) is 7. The Labute approximate surface area is 138 Å². The molecule has 0 radical (unpaired) electrons. The van der Waals surface area contributed by atoms with Crippen molar-refractivity contribution in [2.45, 2.75) is 20.5 Å². The summed E-state index contributed by atoms with van der Waals surface area (Å²) < 4.78 is 20.9. The zero-order chi connectivity index (χ0) is 17.1. The minimum atomic E-state index is -0.499. The fraction of sp³-hybridized carbons (Fsp3) is 0.235. The number of rotatable bonds is 5. The van der Waals surface area contributed by atoms with Crippen molar-refractivity contribution < 1.29 is 23.2 Å². The number of benzene rings is 1. The summed E-state index contributed by atoms with van der Waals surface area (Å²) in [4.78, 5) is 16.3. The summed E-state index contributed by atoms with van der Waals surface area (Å²) in [5.41, 5.74) is 1.08. The lowest BCUT2D eigenvalue weighted by molar-refractivity contribution is 0.0428. The Morgan fingerprint density at radius 1 is 1.25 bits per heavy atom. The molecule has 3 aromatic rings. The molecule has 7 heteroatoms. The van der Waals surface area contributed by atoms with Crippen molar-refractivity contribution in [3.05, 3.63) is 53.3 Å². The van der Waals surface area contributed by atoms with E-state index >= 15 is 0 Å². The van der Waals surface area contributed by atoms with Crippen LogP contribution in [0.5, 0.6) is 5.75 Å². The molecule has 0 saturated carbocycles. The molecule has 7 nitrogen and oxygen atoms in total. The van der Waals surface area contributed by atoms with Crippen LogP contribution in [-0.2, 0) is 11.3 Å². The third-order valence-electron chi connectivity index (χ3n) is 3.40. The molecule has 0 unspecified atom stereocenters. The number of furan rings is 1. The first-order valence-corrected chi connectivity index (χ1v) is 7.28. The van der Waals surface area contributed by atoms with Crippen LogP contribution in [-0.4, -0.2) is 23.2 Å². The molecule has 0 saturated heterocycles. The first-order chi connectivity index (χ1) is 11.6. The van der Waals surface area contributed by atoms with Crippen LogP contribution in [0.1, 0.15) is 27.8 Å². The fourth-order valence-corrected chi connectivity index (χ4v) is 2.29. The highest BCUT2D eigenvalue weighted by Gasteiger charge is 2.17. The first-order valence-electron chi connectivity index (χ1n) is 7.28. The predicted octanol–water partition coefficient (Wildman–Crippen LogP) is 3.31. The summed E-state index contributed by atoms with van der Waals surface area (Å²) in [5, 5.41) is 3.89. The summed E-state index contributed by atoms with van der Waals surface area (Å²) in [6.07, 6.45) is 0. The topological polar surface area (TPSA) is 87.6 Å². The molecule has 0 spiro atoms. The zero-order valence-electron chi connectivity index (χ0n) is 13.5. The van der Waals surface area contributed by atoms with Crippen LogP contribution in [0.2, 0.25) is 0 Å². The van der Waals surface area contributed by atoms with Crippen LogP contribution in [0.25, 0.3) is 11.4 Å². The van der Waals surface area contributed by atoms with Gasteiger partial charge in [-0.1, -0.05) is 17.3 Å². The second-order valence-corrected chi connectivity index (χ2v) is 5.12. The van der Waals surface area contributed by atoms with Crippen molar-refractivity contribution in [3.8, 4) is 17.1 Å². The highest BCUT2D eigenvalue weighted by atomic mass is 16.6. The quantitative estimate of drug-likeness (QED) is 0.664. The second kappa shape index (κ2) is 6.57. The molecule has 0 atom stereocenters. The maximum atomic E-state index is 12.0. The van der Waals surface area contributed by atoms with E-state index in [1.54, 1.807) is 33.1 Å². The molecule has 0 bridgehead atoms. The molecular weight excluding hydrogens is 312 g/mol. The van der Waals surface area contributed by atoms with E-state index in [2.05, 4.69) is 10.1 Å². The number of methoxy groups -OCH3 is 1. The van der Waals surface area contributed by atoms with Crippen LogP contribution in [0.15, 0.2) is 39.3 Å². The van der Waals surface area contributed by atoms with Gasteiger partial charge in [-0.15, -0.1) is 0 Å². The van der Waals surface area contributed by atoms with Gasteiger partial charge in [-0.2, -0.15) is 4.98 Å². The number of nitrogens with zero attached hydrogens (tertiary/aromatic N) is 2. The van der Waals surface area contributed by atoms with Gasteiger partial charge in [0.05, 0.1) is 12.7 Å². The molecule has 0 amide bonds. The SMILES string of the molecule is COc1ccccc1-c1noc(COC(=O)c2cc(C)oc2C)n1. The monoisotopic (exact) mass is 328 g/mol. The average Bonchev–Trinajstić information content (AvgIpc) is 3.18. The highest BCUT2D eigenvalue weighted by molar-refractivity contribution is 5.90. The Morgan fingerprint density at radius 3 is 2.75 bits per heavy atom. The molecule has 24 heavy (non-hydrogen) atoms. The Bertz CT molecular complexity index is 866. The van der Waals surface area contributed by atoms with E-state index in [9.17, 15) is 4.79 Å². The van der Waals surface area contributed by atoms with E-state index < -0.39 is 5.97 Å². The molecule has 1 aromatic carbocycles. The largest absolute Gasteiger partial charge is 0.496 e. The summed E-state index contributed by atoms with van der Waals surface area (Å²) >= 11 is 0. The van der Waals surface area contributed by atoms with E-state index in [0.717, 1.165) is 0 Å². The maximum absolute atomic E-state index is 12.0. The Balaban J connectivity index is 1.70. The number of carbonyl (C=O) groups excluding carboxylic acids is 1. The Hall–Kier alpha value is -3.09. The molecule has 2 heterocycles. The molecular formula is C17H16N2O5. The van der Waals surface area contributed by atoms with E-state index in [1.165, 1.54) is 0 Å². The summed E-state index contributed by atoms with van der Waals surface area (Å²) in [7, 11) is 1.57. The summed E-state index contributed by atoms with van der Waals surface area (Å²) in [5.74, 6) is 1.86. The van der Waals surface area contributed by atoms with E-state index in [-0.39, 0.29) is 12.5 Å². The summed E-state index contributed by atoms with van der Waals surface area (Å²) in [6.45, 7) is 3.35. The number of aromatic nitrogens is 2. The smallest absolute Gasteiger partial charge is 0.342 e. The lowest BCUT2D eigenvalue weighted by Crippen LogP contribution is -2.05. The normalized spacial score (nSPS) is 10.6. The van der Waals surface area contributed by atoms with Crippen molar-refractivity contribution in [2.24, 2.45) is 0 Å². The van der Waals surface area contributed by atoms with Crippen molar-refractivity contribution >= 4 is 5.97 Å². The number of aryl methyl sites for hydroxylation is 2.